The molecular weight excluding hydrogens is 489 g/mol. The number of anilines is 1. The fraction of sp³-hybridized carbons (Fsp3) is 0.250. The van der Waals surface area contributed by atoms with Crippen molar-refractivity contribution in [2.45, 2.75) is 25.8 Å². The van der Waals surface area contributed by atoms with E-state index in [0.717, 1.165) is 24.3 Å². The number of methoxy groups -OCH3 is 1. The molecule has 190 valence electrons. The summed E-state index contributed by atoms with van der Waals surface area (Å²) in [5.41, 5.74) is 2.80. The molecule has 1 unspecified atom stereocenters. The highest BCUT2D eigenvalue weighted by Crippen LogP contribution is 2.37. The molecule has 1 atom stereocenters. The Morgan fingerprint density at radius 1 is 1.08 bits per heavy atom. The fourth-order valence-electron chi connectivity index (χ4n) is 4.56. The molecule has 37 heavy (non-hydrogen) atoms. The predicted molar refractivity (Wildman–Crippen MR) is 145 cm³/mol. The summed E-state index contributed by atoms with van der Waals surface area (Å²) >= 11 is 1.27. The van der Waals surface area contributed by atoms with Crippen LogP contribution in [-0.4, -0.2) is 36.3 Å². The van der Waals surface area contributed by atoms with Crippen molar-refractivity contribution < 1.29 is 13.9 Å². The molecule has 7 nitrogen and oxygen atoms in total. The summed E-state index contributed by atoms with van der Waals surface area (Å²) in [5.74, 6) is 0.424. The van der Waals surface area contributed by atoms with Gasteiger partial charge in [-0.05, 0) is 43.7 Å². The van der Waals surface area contributed by atoms with Crippen LogP contribution in [0.5, 0.6) is 5.75 Å². The van der Waals surface area contributed by atoms with Gasteiger partial charge in [0.1, 0.15) is 17.3 Å². The third kappa shape index (κ3) is 4.79. The second-order valence-corrected chi connectivity index (χ2v) is 9.52. The van der Waals surface area contributed by atoms with Crippen LogP contribution in [0.25, 0.3) is 5.70 Å². The summed E-state index contributed by atoms with van der Waals surface area (Å²) in [6.45, 7) is 5.97. The number of hydrazone groups is 1. The van der Waals surface area contributed by atoms with Gasteiger partial charge in [-0.3, -0.25) is 15.1 Å². The van der Waals surface area contributed by atoms with Gasteiger partial charge in [0, 0.05) is 41.4 Å². The van der Waals surface area contributed by atoms with Crippen LogP contribution in [0.3, 0.4) is 0 Å². The lowest BCUT2D eigenvalue weighted by Gasteiger charge is -2.34. The topological polar surface area (TPSA) is 69.5 Å². The number of benzene rings is 3. The maximum atomic E-state index is 14.2. The Morgan fingerprint density at radius 2 is 1.84 bits per heavy atom. The molecule has 1 amide bonds. The zero-order chi connectivity index (χ0) is 25.9. The maximum absolute atomic E-state index is 14.2. The van der Waals surface area contributed by atoms with Crippen molar-refractivity contribution in [2.75, 3.05) is 25.1 Å². The highest BCUT2D eigenvalue weighted by molar-refractivity contribution is 8.13. The summed E-state index contributed by atoms with van der Waals surface area (Å²) in [6.07, 6.45) is -0.610. The number of amidine groups is 1. The van der Waals surface area contributed by atoms with Gasteiger partial charge in [0.25, 0.3) is 5.91 Å². The number of fused-ring (bicyclic) bond motifs is 2. The van der Waals surface area contributed by atoms with Gasteiger partial charge in [-0.25, -0.2) is 9.40 Å². The zero-order valence-corrected chi connectivity index (χ0v) is 21.8. The molecule has 2 aliphatic heterocycles. The monoisotopic (exact) mass is 517 g/mol. The van der Waals surface area contributed by atoms with E-state index >= 15 is 0 Å². The highest BCUT2D eigenvalue weighted by Gasteiger charge is 2.35. The first-order valence-electron chi connectivity index (χ1n) is 12.2. The number of hydrogen-bond acceptors (Lipinski definition) is 7. The van der Waals surface area contributed by atoms with Gasteiger partial charge in [0.2, 0.25) is 0 Å². The fourth-order valence-corrected chi connectivity index (χ4v) is 5.39. The minimum absolute atomic E-state index is 0.280. The van der Waals surface area contributed by atoms with Gasteiger partial charge in [-0.15, -0.1) is 5.10 Å². The predicted octanol–water partition coefficient (Wildman–Crippen LogP) is 3.76. The van der Waals surface area contributed by atoms with E-state index in [1.165, 1.54) is 17.8 Å². The van der Waals surface area contributed by atoms with E-state index in [0.29, 0.717) is 38.5 Å². The molecule has 3 aromatic carbocycles. The van der Waals surface area contributed by atoms with E-state index in [1.807, 2.05) is 42.5 Å². The van der Waals surface area contributed by atoms with Crippen molar-refractivity contribution in [3.05, 3.63) is 94.3 Å². The summed E-state index contributed by atoms with van der Waals surface area (Å²) in [6, 6.07) is 20.2. The van der Waals surface area contributed by atoms with Crippen molar-refractivity contribution in [1.29, 1.82) is 0 Å². The molecule has 0 aromatic heterocycles. The Hall–Kier alpha value is -3.85. The Bertz CT molecular complexity index is 1490. The first-order chi connectivity index (χ1) is 18.0. The number of carbonyl (C=O) groups excluding carboxylic acids is 1. The molecule has 2 heterocycles. The van der Waals surface area contributed by atoms with E-state index in [9.17, 15) is 9.18 Å². The minimum Gasteiger partial charge on any atom is -0.496 e. The van der Waals surface area contributed by atoms with Crippen molar-refractivity contribution >= 4 is 34.2 Å². The first kappa shape index (κ1) is 24.8. The molecular formula is C28H28FN5O2S. The number of carbonyl (C=O) groups is 1. The van der Waals surface area contributed by atoms with E-state index in [4.69, 9.17) is 14.8 Å². The van der Waals surface area contributed by atoms with Gasteiger partial charge in [-0.2, -0.15) is 0 Å². The number of nitrogens with zero attached hydrogens (tertiary/aromatic N) is 4. The second-order valence-electron chi connectivity index (χ2n) is 8.55. The number of halogens is 1. The van der Waals surface area contributed by atoms with Crippen LogP contribution in [0.1, 0.15) is 31.1 Å². The summed E-state index contributed by atoms with van der Waals surface area (Å²) < 4.78 is 20.0. The molecule has 0 saturated heterocycles. The lowest BCUT2D eigenvalue weighted by atomic mass is 10.1. The minimum atomic E-state index is -0.610. The summed E-state index contributed by atoms with van der Waals surface area (Å²) in [7, 11) is 1.63. The van der Waals surface area contributed by atoms with Crippen LogP contribution in [0, 0.1) is 5.82 Å². The molecule has 0 bridgehead atoms. The lowest BCUT2D eigenvalue weighted by molar-refractivity contribution is -0.116. The molecule has 9 heteroatoms. The number of hydrogen-bond donors (Lipinski definition) is 1. The third-order valence-electron chi connectivity index (χ3n) is 6.46. The molecule has 0 radical (unpaired) electrons. The Morgan fingerprint density at radius 3 is 2.59 bits per heavy atom. The van der Waals surface area contributed by atoms with Gasteiger partial charge in [0.05, 0.1) is 12.5 Å². The molecule has 0 aliphatic carbocycles. The number of para-hydroxylation sites is 1. The average molecular weight is 518 g/mol. The zero-order valence-electron chi connectivity index (χ0n) is 20.9. The molecule has 0 saturated carbocycles. The molecule has 2 aliphatic rings. The van der Waals surface area contributed by atoms with Crippen molar-refractivity contribution in [3.8, 4) is 5.75 Å². The van der Waals surface area contributed by atoms with Crippen LogP contribution in [0.2, 0.25) is 0 Å². The van der Waals surface area contributed by atoms with Gasteiger partial charge in [0.15, 0.2) is 11.3 Å². The average Bonchev–Trinajstić information content (AvgIpc) is 2.92. The lowest BCUT2D eigenvalue weighted by Crippen LogP contribution is -2.50. The standard InChI is InChI=1S/C28H28FN5O2S/c1-4-33(5-2)19-14-15-21(24(16-19)36-3)26-30-23-13-9-7-11-20(23)25-27(35)31-28(32-34(25)26)37-17-18-10-6-8-12-22(18)29/h6-16,26H,4-5,17H2,1-3H3,(H,31,32,35). The molecule has 0 fully saturated rings. The molecule has 3 aromatic rings. The van der Waals surface area contributed by atoms with Gasteiger partial charge < -0.3 is 9.64 Å². The summed E-state index contributed by atoms with van der Waals surface area (Å²) in [5, 5.41) is 11.1. The second kappa shape index (κ2) is 10.6. The van der Waals surface area contributed by atoms with Crippen LogP contribution in [0.4, 0.5) is 10.1 Å². The Kier molecular flexibility index (Phi) is 7.14. The summed E-state index contributed by atoms with van der Waals surface area (Å²) in [4.78, 5) is 20.6. The van der Waals surface area contributed by atoms with Crippen molar-refractivity contribution in [3.63, 3.8) is 0 Å². The van der Waals surface area contributed by atoms with Crippen LogP contribution >= 0.6 is 11.8 Å². The van der Waals surface area contributed by atoms with Gasteiger partial charge in [-0.1, -0.05) is 48.2 Å². The van der Waals surface area contributed by atoms with Gasteiger partial charge >= 0.3 is 0 Å². The van der Waals surface area contributed by atoms with E-state index in [2.05, 4.69) is 24.1 Å². The quantitative estimate of drug-likeness (QED) is 0.517. The normalized spacial score (nSPS) is 16.3. The van der Waals surface area contributed by atoms with Crippen LogP contribution in [0.15, 0.2) is 76.8 Å². The number of nitrogens with one attached hydrogen (secondary N) is 1. The third-order valence-corrected chi connectivity index (χ3v) is 7.37. The smallest absolute Gasteiger partial charge is 0.276 e. The first-order valence-corrected chi connectivity index (χ1v) is 13.2. The largest absolute Gasteiger partial charge is 0.496 e. The SMILES string of the molecule is CCN(CC)c1ccc(C2N=c3ccccc3=C3C(=O)NC(SCc4ccccc4F)=NN32)c(OC)c1. The van der Waals surface area contributed by atoms with Crippen LogP contribution < -0.4 is 25.5 Å². The van der Waals surface area contributed by atoms with E-state index in [-0.39, 0.29) is 11.7 Å². The number of rotatable bonds is 7. The number of ether oxygens (including phenoxy) is 1. The van der Waals surface area contributed by atoms with Crippen LogP contribution in [-0.2, 0) is 10.5 Å². The Balaban J connectivity index is 1.58. The van der Waals surface area contributed by atoms with Crippen molar-refractivity contribution in [2.24, 2.45) is 10.1 Å². The highest BCUT2D eigenvalue weighted by atomic mass is 32.2. The molecule has 1 N–H and O–H groups in total. The number of thioether (sulfide) groups is 1. The Labute approximate surface area is 219 Å². The van der Waals surface area contributed by atoms with Crippen molar-refractivity contribution in [1.82, 2.24) is 10.3 Å². The van der Waals surface area contributed by atoms with E-state index in [1.54, 1.807) is 30.3 Å². The number of amides is 1. The maximum Gasteiger partial charge on any atom is 0.276 e. The molecule has 5 rings (SSSR count). The molecule has 0 spiro atoms. The van der Waals surface area contributed by atoms with E-state index < -0.39 is 6.17 Å².